The highest BCUT2D eigenvalue weighted by molar-refractivity contribution is 7.17. The number of hydrogen-bond donors (Lipinski definition) is 2. The van der Waals surface area contributed by atoms with E-state index in [2.05, 4.69) is 15.5 Å². The molecule has 2 N–H and O–H groups in total. The third-order valence-electron chi connectivity index (χ3n) is 4.09. The Balaban J connectivity index is 1.86. The number of phenols is 1. The summed E-state index contributed by atoms with van der Waals surface area (Å²) in [4.78, 5) is 15.4. The van der Waals surface area contributed by atoms with Crippen LogP contribution in [0.2, 0.25) is 5.02 Å². The largest absolute Gasteiger partial charge is 0.507 e. The van der Waals surface area contributed by atoms with E-state index in [4.69, 9.17) is 11.6 Å². The smallest absolute Gasteiger partial charge is 0.435 e. The van der Waals surface area contributed by atoms with Crippen LogP contribution in [0, 0.1) is 13.8 Å². The standard InChI is InChI=1S/C20H15ClF3N3O2S/c1-10-7-12(8-11(2)15(10)28)9-25-27-18(29)16-17(20(22,23)24)26-19(30-16)13-3-5-14(21)6-4-13/h3-9,28H,1-2H3,(H,27,29)/b25-9+. The minimum atomic E-state index is -4.80. The predicted molar refractivity (Wildman–Crippen MR) is 110 cm³/mol. The minimum Gasteiger partial charge on any atom is -0.507 e. The lowest BCUT2D eigenvalue weighted by Crippen LogP contribution is -2.21. The van der Waals surface area contributed by atoms with Gasteiger partial charge in [-0.3, -0.25) is 4.79 Å². The van der Waals surface area contributed by atoms with Crippen molar-refractivity contribution in [2.45, 2.75) is 20.0 Å². The highest BCUT2D eigenvalue weighted by Crippen LogP contribution is 2.37. The number of amides is 1. The van der Waals surface area contributed by atoms with Crippen molar-refractivity contribution in [2.75, 3.05) is 0 Å². The van der Waals surface area contributed by atoms with Crippen molar-refractivity contribution >= 4 is 35.1 Å². The Morgan fingerprint density at radius 1 is 1.20 bits per heavy atom. The first kappa shape index (κ1) is 21.8. The second kappa shape index (κ2) is 8.45. The lowest BCUT2D eigenvalue weighted by atomic mass is 10.1. The van der Waals surface area contributed by atoms with Gasteiger partial charge in [-0.1, -0.05) is 23.7 Å². The average molecular weight is 454 g/mol. The first-order chi connectivity index (χ1) is 14.1. The molecular formula is C20H15ClF3N3O2S. The molecule has 30 heavy (non-hydrogen) atoms. The zero-order valence-electron chi connectivity index (χ0n) is 15.7. The highest BCUT2D eigenvalue weighted by atomic mass is 35.5. The molecule has 0 saturated heterocycles. The van der Waals surface area contributed by atoms with Gasteiger partial charge < -0.3 is 5.11 Å². The molecule has 0 atom stereocenters. The number of aromatic nitrogens is 1. The van der Waals surface area contributed by atoms with Gasteiger partial charge in [0, 0.05) is 10.6 Å². The molecular weight excluding hydrogens is 439 g/mol. The van der Waals surface area contributed by atoms with E-state index in [0.29, 0.717) is 38.6 Å². The van der Waals surface area contributed by atoms with Gasteiger partial charge in [-0.05, 0) is 54.8 Å². The van der Waals surface area contributed by atoms with Crippen molar-refractivity contribution in [1.29, 1.82) is 0 Å². The minimum absolute atomic E-state index is 0.0397. The second-order valence-electron chi connectivity index (χ2n) is 6.40. The summed E-state index contributed by atoms with van der Waals surface area (Å²) in [5, 5.41) is 14.0. The zero-order valence-corrected chi connectivity index (χ0v) is 17.3. The molecule has 0 saturated carbocycles. The Labute approximate surface area is 178 Å². The number of halogens is 4. The van der Waals surface area contributed by atoms with Crippen molar-refractivity contribution in [2.24, 2.45) is 5.10 Å². The van der Waals surface area contributed by atoms with Crippen LogP contribution in [0.5, 0.6) is 5.75 Å². The van der Waals surface area contributed by atoms with Crippen molar-refractivity contribution in [1.82, 2.24) is 10.4 Å². The van der Waals surface area contributed by atoms with E-state index < -0.39 is 22.7 Å². The number of thiazole rings is 1. The summed E-state index contributed by atoms with van der Waals surface area (Å²) < 4.78 is 40.2. The molecule has 0 aliphatic heterocycles. The number of benzene rings is 2. The molecule has 10 heteroatoms. The predicted octanol–water partition coefficient (Wildman–Crippen LogP) is 5.57. The fourth-order valence-corrected chi connectivity index (χ4v) is 3.77. The van der Waals surface area contributed by atoms with Gasteiger partial charge in [0.25, 0.3) is 5.91 Å². The number of carbonyl (C=O) groups is 1. The highest BCUT2D eigenvalue weighted by Gasteiger charge is 2.39. The number of alkyl halides is 3. The molecule has 156 valence electrons. The molecule has 3 aromatic rings. The van der Waals surface area contributed by atoms with Crippen molar-refractivity contribution in [3.63, 3.8) is 0 Å². The molecule has 1 amide bonds. The van der Waals surface area contributed by atoms with Crippen LogP contribution in [-0.2, 0) is 6.18 Å². The summed E-state index contributed by atoms with van der Waals surface area (Å²) in [6.45, 7) is 3.40. The second-order valence-corrected chi connectivity index (χ2v) is 7.84. The molecule has 0 aliphatic rings. The topological polar surface area (TPSA) is 74.6 Å². The first-order valence-corrected chi connectivity index (χ1v) is 9.73. The number of aromatic hydroxyl groups is 1. The molecule has 0 aliphatic carbocycles. The van der Waals surface area contributed by atoms with Gasteiger partial charge in [0.2, 0.25) is 0 Å². The number of nitrogens with one attached hydrogen (secondary N) is 1. The SMILES string of the molecule is Cc1cc(/C=N/NC(=O)c2sc(-c3ccc(Cl)cc3)nc2C(F)(F)F)cc(C)c1O. The van der Waals surface area contributed by atoms with Crippen molar-refractivity contribution < 1.29 is 23.1 Å². The van der Waals surface area contributed by atoms with E-state index in [9.17, 15) is 23.1 Å². The Kier molecular flexibility index (Phi) is 6.14. The van der Waals surface area contributed by atoms with Crippen LogP contribution in [-0.4, -0.2) is 22.2 Å². The van der Waals surface area contributed by atoms with E-state index in [1.807, 2.05) is 0 Å². The van der Waals surface area contributed by atoms with Gasteiger partial charge in [0.1, 0.15) is 15.6 Å². The molecule has 0 fully saturated rings. The quantitative estimate of drug-likeness (QED) is 0.400. The maximum absolute atomic E-state index is 13.4. The average Bonchev–Trinajstić information content (AvgIpc) is 3.12. The number of carbonyl (C=O) groups excluding carboxylic acids is 1. The van der Waals surface area contributed by atoms with Gasteiger partial charge in [0.15, 0.2) is 5.69 Å². The summed E-state index contributed by atoms with van der Waals surface area (Å²) >= 11 is 6.42. The summed E-state index contributed by atoms with van der Waals surface area (Å²) in [5.41, 5.74) is 3.03. The lowest BCUT2D eigenvalue weighted by Gasteiger charge is -2.05. The molecule has 3 rings (SSSR count). The van der Waals surface area contributed by atoms with Crippen LogP contribution in [0.4, 0.5) is 13.2 Å². The first-order valence-electron chi connectivity index (χ1n) is 8.54. The van der Waals surface area contributed by atoms with Crippen LogP contribution < -0.4 is 5.43 Å². The van der Waals surface area contributed by atoms with E-state index in [1.165, 1.54) is 30.5 Å². The summed E-state index contributed by atoms with van der Waals surface area (Å²) in [5.74, 6) is -0.881. The fraction of sp³-hybridized carbons (Fsp3) is 0.150. The normalized spacial score (nSPS) is 11.8. The fourth-order valence-electron chi connectivity index (χ4n) is 2.66. The number of phenolic OH excluding ortho intramolecular Hbond substituents is 1. The van der Waals surface area contributed by atoms with Crippen LogP contribution in [0.3, 0.4) is 0 Å². The summed E-state index contributed by atoms with van der Waals surface area (Å²) in [6, 6.07) is 9.36. The van der Waals surface area contributed by atoms with Gasteiger partial charge in [-0.2, -0.15) is 18.3 Å². The van der Waals surface area contributed by atoms with Crippen LogP contribution in [0.25, 0.3) is 10.6 Å². The monoisotopic (exact) mass is 453 g/mol. The summed E-state index contributed by atoms with van der Waals surface area (Å²) in [6.07, 6.45) is -3.52. The molecule has 2 aromatic carbocycles. The molecule has 0 unspecified atom stereocenters. The third kappa shape index (κ3) is 4.80. The number of nitrogens with zero attached hydrogens (tertiary/aromatic N) is 2. The van der Waals surface area contributed by atoms with Gasteiger partial charge in [-0.15, -0.1) is 11.3 Å². The lowest BCUT2D eigenvalue weighted by molar-refractivity contribution is -0.141. The molecule has 5 nitrogen and oxygen atoms in total. The molecule has 0 spiro atoms. The Hall–Kier alpha value is -2.91. The van der Waals surface area contributed by atoms with Crippen LogP contribution in [0.1, 0.15) is 32.1 Å². The van der Waals surface area contributed by atoms with E-state index in [0.717, 1.165) is 0 Å². The Morgan fingerprint density at radius 3 is 2.37 bits per heavy atom. The molecule has 0 bridgehead atoms. The van der Waals surface area contributed by atoms with E-state index in [-0.39, 0.29) is 10.8 Å². The molecule has 1 aromatic heterocycles. The molecule has 0 radical (unpaired) electrons. The van der Waals surface area contributed by atoms with Crippen molar-refractivity contribution in [3.05, 3.63) is 68.7 Å². The van der Waals surface area contributed by atoms with E-state index in [1.54, 1.807) is 26.0 Å². The van der Waals surface area contributed by atoms with Gasteiger partial charge >= 0.3 is 6.18 Å². The maximum Gasteiger partial charge on any atom is 0.435 e. The maximum atomic E-state index is 13.4. The molecule has 1 heterocycles. The number of rotatable bonds is 4. The van der Waals surface area contributed by atoms with Gasteiger partial charge in [0.05, 0.1) is 6.21 Å². The van der Waals surface area contributed by atoms with Gasteiger partial charge in [-0.25, -0.2) is 10.4 Å². The summed E-state index contributed by atoms with van der Waals surface area (Å²) in [7, 11) is 0. The Bertz CT molecular complexity index is 1100. The van der Waals surface area contributed by atoms with Crippen LogP contribution in [0.15, 0.2) is 41.5 Å². The number of hydrazone groups is 1. The number of aryl methyl sites for hydroxylation is 2. The zero-order chi connectivity index (χ0) is 22.1. The van der Waals surface area contributed by atoms with Crippen molar-refractivity contribution in [3.8, 4) is 16.3 Å². The third-order valence-corrected chi connectivity index (χ3v) is 5.44. The Morgan fingerprint density at radius 2 is 1.80 bits per heavy atom. The van der Waals surface area contributed by atoms with Crippen LogP contribution >= 0.6 is 22.9 Å². The van der Waals surface area contributed by atoms with E-state index >= 15 is 0 Å². The number of hydrogen-bond acceptors (Lipinski definition) is 5.